The second-order valence-electron chi connectivity index (χ2n) is 7.93. The number of benzene rings is 3. The number of carbonyl (C=O) groups is 1. The van der Waals surface area contributed by atoms with Crippen molar-refractivity contribution in [3.63, 3.8) is 0 Å². The van der Waals surface area contributed by atoms with Gasteiger partial charge in [0.15, 0.2) is 0 Å². The van der Waals surface area contributed by atoms with Crippen molar-refractivity contribution < 1.29 is 18.1 Å². The molecule has 0 saturated heterocycles. The zero-order chi connectivity index (χ0) is 25.8. The largest absolute Gasteiger partial charge is 0.271 e. The van der Waals surface area contributed by atoms with Crippen molar-refractivity contribution in [1.82, 2.24) is 5.43 Å². The predicted molar refractivity (Wildman–Crippen MR) is 135 cm³/mol. The van der Waals surface area contributed by atoms with Crippen LogP contribution in [0.15, 0.2) is 70.7 Å². The average molecular weight is 515 g/mol. The summed E-state index contributed by atoms with van der Waals surface area (Å²) in [5.74, 6) is -0.711. The minimum Gasteiger partial charge on any atom is -0.271 e. The maximum atomic E-state index is 13.5. The summed E-state index contributed by atoms with van der Waals surface area (Å²) < 4.78 is 28.0. The number of anilines is 1. The Labute approximate surface area is 208 Å². The van der Waals surface area contributed by atoms with Gasteiger partial charge in [0.1, 0.15) is 6.54 Å². The zero-order valence-corrected chi connectivity index (χ0v) is 20.8. The highest BCUT2D eigenvalue weighted by Gasteiger charge is 2.27. The summed E-state index contributed by atoms with van der Waals surface area (Å²) in [4.78, 5) is 23.1. The maximum absolute atomic E-state index is 13.5. The fourth-order valence-corrected chi connectivity index (χ4v) is 4.90. The number of nitrogens with one attached hydrogen (secondary N) is 1. The first-order chi connectivity index (χ1) is 16.5. The van der Waals surface area contributed by atoms with Crippen molar-refractivity contribution >= 4 is 45.1 Å². The van der Waals surface area contributed by atoms with Gasteiger partial charge in [0.2, 0.25) is 0 Å². The molecule has 1 amide bonds. The Kier molecular flexibility index (Phi) is 7.88. The molecule has 3 aromatic rings. The van der Waals surface area contributed by atoms with Crippen LogP contribution in [0.3, 0.4) is 0 Å². The van der Waals surface area contributed by atoms with E-state index in [1.165, 1.54) is 30.3 Å². The van der Waals surface area contributed by atoms with E-state index < -0.39 is 27.4 Å². The van der Waals surface area contributed by atoms with Crippen molar-refractivity contribution in [3.05, 3.63) is 98.1 Å². The second kappa shape index (κ2) is 10.7. The normalized spacial score (nSPS) is 11.4. The lowest BCUT2D eigenvalue weighted by Gasteiger charge is -2.24. The summed E-state index contributed by atoms with van der Waals surface area (Å²) in [5, 5.41) is 15.0. The van der Waals surface area contributed by atoms with E-state index in [1.807, 2.05) is 26.8 Å². The Balaban J connectivity index is 1.88. The van der Waals surface area contributed by atoms with Gasteiger partial charge in [0, 0.05) is 22.7 Å². The first-order valence-corrected chi connectivity index (χ1v) is 12.2. The highest BCUT2D eigenvalue weighted by molar-refractivity contribution is 7.92. The molecule has 0 unspecified atom stereocenters. The van der Waals surface area contributed by atoms with E-state index >= 15 is 0 Å². The van der Waals surface area contributed by atoms with E-state index in [0.717, 1.165) is 27.2 Å². The van der Waals surface area contributed by atoms with E-state index in [9.17, 15) is 23.3 Å². The Morgan fingerprint density at radius 1 is 1.03 bits per heavy atom. The number of aryl methyl sites for hydroxylation is 3. The van der Waals surface area contributed by atoms with Crippen LogP contribution in [0.5, 0.6) is 0 Å². The van der Waals surface area contributed by atoms with Crippen LogP contribution >= 0.6 is 11.6 Å². The van der Waals surface area contributed by atoms with Crippen LogP contribution in [0.4, 0.5) is 11.4 Å². The molecule has 0 aliphatic rings. The van der Waals surface area contributed by atoms with Gasteiger partial charge >= 0.3 is 0 Å². The SMILES string of the molecule is Cc1ccc(S(=O)(=O)N(CC(=O)N/N=C\c2cc([N+](=O)[O-])ccc2Cl)c2cc(C)cc(C)c2)cc1. The number of rotatable bonds is 8. The van der Waals surface area contributed by atoms with Crippen LogP contribution in [-0.4, -0.2) is 32.0 Å². The first-order valence-electron chi connectivity index (χ1n) is 10.4. The van der Waals surface area contributed by atoms with Crippen LogP contribution < -0.4 is 9.73 Å². The standard InChI is InChI=1S/C24H23ClN4O5S/c1-16-4-7-22(8-5-16)35(33,34)28(21-11-17(2)10-18(3)12-21)15-24(30)27-26-14-19-13-20(29(31)32)6-9-23(19)25/h4-14H,15H2,1-3H3,(H,27,30)/b26-14-. The van der Waals surface area contributed by atoms with Crippen molar-refractivity contribution in [2.75, 3.05) is 10.8 Å². The summed E-state index contributed by atoms with van der Waals surface area (Å²) in [6, 6.07) is 15.4. The number of hydrogen-bond donors (Lipinski definition) is 1. The van der Waals surface area contributed by atoms with E-state index in [2.05, 4.69) is 10.5 Å². The van der Waals surface area contributed by atoms with Gasteiger partial charge in [-0.1, -0.05) is 35.4 Å². The van der Waals surface area contributed by atoms with Crippen LogP contribution in [0.25, 0.3) is 0 Å². The molecule has 9 nitrogen and oxygen atoms in total. The molecule has 35 heavy (non-hydrogen) atoms. The van der Waals surface area contributed by atoms with E-state index in [1.54, 1.807) is 24.3 Å². The average Bonchev–Trinajstić information content (AvgIpc) is 2.78. The molecule has 0 saturated carbocycles. The van der Waals surface area contributed by atoms with Crippen LogP contribution in [-0.2, 0) is 14.8 Å². The number of nitro groups is 1. The lowest BCUT2D eigenvalue weighted by molar-refractivity contribution is -0.384. The minimum atomic E-state index is -4.07. The van der Waals surface area contributed by atoms with Gasteiger partial charge in [0.05, 0.1) is 21.7 Å². The molecule has 0 aliphatic carbocycles. The maximum Gasteiger partial charge on any atom is 0.270 e. The number of sulfonamides is 1. The molecule has 182 valence electrons. The summed E-state index contributed by atoms with van der Waals surface area (Å²) in [7, 11) is -4.07. The molecular formula is C24H23ClN4O5S. The van der Waals surface area contributed by atoms with Crippen LogP contribution in [0, 0.1) is 30.9 Å². The number of halogens is 1. The first kappa shape index (κ1) is 25.9. The van der Waals surface area contributed by atoms with Crippen molar-refractivity contribution in [2.45, 2.75) is 25.7 Å². The Bertz CT molecular complexity index is 1390. The van der Waals surface area contributed by atoms with E-state index in [4.69, 9.17) is 11.6 Å². The quantitative estimate of drug-likeness (QED) is 0.269. The van der Waals surface area contributed by atoms with E-state index in [0.29, 0.717) is 5.69 Å². The number of carbonyl (C=O) groups excluding carboxylic acids is 1. The molecule has 0 atom stereocenters. The lowest BCUT2D eigenvalue weighted by atomic mass is 10.1. The second-order valence-corrected chi connectivity index (χ2v) is 10.2. The monoisotopic (exact) mass is 514 g/mol. The summed E-state index contributed by atoms with van der Waals surface area (Å²) in [6.45, 7) is 4.97. The van der Waals surface area contributed by atoms with Crippen LogP contribution in [0.2, 0.25) is 5.02 Å². The van der Waals surface area contributed by atoms with Gasteiger partial charge in [-0.2, -0.15) is 5.10 Å². The number of hydrogen-bond acceptors (Lipinski definition) is 6. The van der Waals surface area contributed by atoms with Gasteiger partial charge in [-0.25, -0.2) is 13.8 Å². The summed E-state index contributed by atoms with van der Waals surface area (Å²) >= 11 is 6.03. The van der Waals surface area contributed by atoms with Crippen molar-refractivity contribution in [3.8, 4) is 0 Å². The zero-order valence-electron chi connectivity index (χ0n) is 19.2. The molecule has 0 bridgehead atoms. The van der Waals surface area contributed by atoms with Gasteiger partial charge in [-0.3, -0.25) is 19.2 Å². The third kappa shape index (κ3) is 6.43. The predicted octanol–water partition coefficient (Wildman–Crippen LogP) is 4.52. The number of non-ortho nitro benzene ring substituents is 1. The van der Waals surface area contributed by atoms with E-state index in [-0.39, 0.29) is 21.2 Å². The molecule has 1 N–H and O–H groups in total. The van der Waals surface area contributed by atoms with Gasteiger partial charge in [-0.05, 0) is 62.2 Å². The molecule has 0 aromatic heterocycles. The molecular weight excluding hydrogens is 492 g/mol. The molecule has 3 aromatic carbocycles. The van der Waals surface area contributed by atoms with Gasteiger partial charge in [-0.15, -0.1) is 0 Å². The highest BCUT2D eigenvalue weighted by Crippen LogP contribution is 2.26. The number of nitro benzene ring substituents is 1. The minimum absolute atomic E-state index is 0.0435. The molecule has 0 radical (unpaired) electrons. The molecule has 3 rings (SSSR count). The van der Waals surface area contributed by atoms with Gasteiger partial charge < -0.3 is 0 Å². The van der Waals surface area contributed by atoms with Crippen molar-refractivity contribution in [1.29, 1.82) is 0 Å². The number of hydrazone groups is 1. The van der Waals surface area contributed by atoms with Crippen molar-refractivity contribution in [2.24, 2.45) is 5.10 Å². The third-order valence-corrected chi connectivity index (χ3v) is 7.11. The fraction of sp³-hybridized carbons (Fsp3) is 0.167. The molecule has 11 heteroatoms. The summed E-state index contributed by atoms with van der Waals surface area (Å²) in [5.41, 5.74) is 5.21. The summed E-state index contributed by atoms with van der Waals surface area (Å²) in [6.07, 6.45) is 1.16. The fourth-order valence-electron chi connectivity index (χ4n) is 3.33. The van der Waals surface area contributed by atoms with Crippen LogP contribution in [0.1, 0.15) is 22.3 Å². The highest BCUT2D eigenvalue weighted by atomic mass is 35.5. The number of nitrogens with zero attached hydrogens (tertiary/aromatic N) is 3. The molecule has 0 spiro atoms. The topological polar surface area (TPSA) is 122 Å². The molecule has 0 aliphatic heterocycles. The Morgan fingerprint density at radius 2 is 1.66 bits per heavy atom. The smallest absolute Gasteiger partial charge is 0.270 e. The lowest BCUT2D eigenvalue weighted by Crippen LogP contribution is -2.39. The molecule has 0 heterocycles. The molecule has 0 fully saturated rings. The third-order valence-electron chi connectivity index (χ3n) is 4.97. The Hall–Kier alpha value is -3.76. The number of amides is 1. The van der Waals surface area contributed by atoms with Gasteiger partial charge in [0.25, 0.3) is 21.6 Å². The Morgan fingerprint density at radius 3 is 2.26 bits per heavy atom.